The van der Waals surface area contributed by atoms with Gasteiger partial charge in [-0.25, -0.2) is 0 Å². The summed E-state index contributed by atoms with van der Waals surface area (Å²) in [6.07, 6.45) is 1.87. The van der Waals surface area contributed by atoms with Crippen molar-refractivity contribution in [2.24, 2.45) is 5.92 Å². The van der Waals surface area contributed by atoms with Crippen molar-refractivity contribution in [3.8, 4) is 0 Å². The molecule has 1 saturated heterocycles. The summed E-state index contributed by atoms with van der Waals surface area (Å²) in [4.78, 5) is 14.1. The Morgan fingerprint density at radius 2 is 2.33 bits per heavy atom. The van der Waals surface area contributed by atoms with E-state index in [-0.39, 0.29) is 11.8 Å². The molecule has 1 aliphatic heterocycles. The van der Waals surface area contributed by atoms with E-state index in [1.54, 1.807) is 4.90 Å². The van der Waals surface area contributed by atoms with Gasteiger partial charge in [0.2, 0.25) is 5.91 Å². The molecule has 2 unspecified atom stereocenters. The average molecular weight is 250 g/mol. The number of carbonyl (C=O) groups is 1. The third kappa shape index (κ3) is 3.13. The van der Waals surface area contributed by atoms with E-state index in [1.165, 1.54) is 0 Å². The first-order chi connectivity index (χ1) is 8.56. The molecule has 1 aromatic rings. The van der Waals surface area contributed by atoms with Crippen molar-refractivity contribution in [2.45, 2.75) is 39.3 Å². The highest BCUT2D eigenvalue weighted by Crippen LogP contribution is 2.19. The van der Waals surface area contributed by atoms with Gasteiger partial charge in [-0.3, -0.25) is 4.79 Å². The highest BCUT2D eigenvalue weighted by molar-refractivity contribution is 5.78. The van der Waals surface area contributed by atoms with Crippen molar-refractivity contribution in [1.82, 2.24) is 10.2 Å². The Morgan fingerprint density at radius 3 is 2.94 bits per heavy atom. The first kappa shape index (κ1) is 13.1. The number of furan rings is 1. The number of rotatable bonds is 3. The van der Waals surface area contributed by atoms with Crippen molar-refractivity contribution in [3.05, 3.63) is 23.7 Å². The van der Waals surface area contributed by atoms with Gasteiger partial charge in [0.25, 0.3) is 0 Å². The van der Waals surface area contributed by atoms with Crippen molar-refractivity contribution in [3.63, 3.8) is 0 Å². The molecule has 0 spiro atoms. The Bertz CT molecular complexity index is 414. The maximum atomic E-state index is 12.3. The Hall–Kier alpha value is -1.29. The van der Waals surface area contributed by atoms with Crippen LogP contribution in [0.15, 0.2) is 16.5 Å². The van der Waals surface area contributed by atoms with Crippen LogP contribution in [0.3, 0.4) is 0 Å². The minimum atomic E-state index is 0.155. The molecule has 1 aromatic heterocycles. The van der Waals surface area contributed by atoms with Crippen LogP contribution in [-0.4, -0.2) is 30.4 Å². The Labute approximate surface area is 108 Å². The molecule has 1 N–H and O–H groups in total. The van der Waals surface area contributed by atoms with Gasteiger partial charge in [-0.05, 0) is 45.4 Å². The highest BCUT2D eigenvalue weighted by atomic mass is 16.3. The second-order valence-electron chi connectivity index (χ2n) is 5.28. The molecule has 0 aromatic carbocycles. The molecule has 4 nitrogen and oxygen atoms in total. The molecular weight excluding hydrogens is 228 g/mol. The fraction of sp³-hybridized carbons (Fsp3) is 0.643. The van der Waals surface area contributed by atoms with Gasteiger partial charge in [0.15, 0.2) is 0 Å². The van der Waals surface area contributed by atoms with Crippen LogP contribution in [0.4, 0.5) is 0 Å². The first-order valence-corrected chi connectivity index (χ1v) is 6.60. The third-order valence-electron chi connectivity index (χ3n) is 3.54. The van der Waals surface area contributed by atoms with Gasteiger partial charge in [-0.15, -0.1) is 0 Å². The van der Waals surface area contributed by atoms with E-state index in [9.17, 15) is 4.79 Å². The van der Waals surface area contributed by atoms with Crippen LogP contribution in [0, 0.1) is 12.8 Å². The molecular formula is C14H22N2O2. The van der Waals surface area contributed by atoms with Crippen LogP contribution in [0.2, 0.25) is 0 Å². The quantitative estimate of drug-likeness (QED) is 0.891. The van der Waals surface area contributed by atoms with Gasteiger partial charge >= 0.3 is 0 Å². The zero-order valence-electron chi connectivity index (χ0n) is 11.4. The summed E-state index contributed by atoms with van der Waals surface area (Å²) in [7, 11) is 1.85. The second kappa shape index (κ2) is 5.57. The number of carbonyl (C=O) groups excluding carboxylic acids is 1. The zero-order valence-corrected chi connectivity index (χ0v) is 11.4. The number of amides is 1. The Balaban J connectivity index is 1.91. The standard InChI is InChI=1S/C14H22N2O2/c1-10-8-12(6-7-15-10)14(17)16(3)9-13-5-4-11(2)18-13/h4-5,10,12,15H,6-9H2,1-3H3. The number of hydrogen-bond donors (Lipinski definition) is 1. The van der Waals surface area contributed by atoms with Crippen LogP contribution >= 0.6 is 0 Å². The lowest BCUT2D eigenvalue weighted by Gasteiger charge is -2.30. The van der Waals surface area contributed by atoms with Gasteiger partial charge < -0.3 is 14.6 Å². The molecule has 2 heterocycles. The monoisotopic (exact) mass is 250 g/mol. The predicted molar refractivity (Wildman–Crippen MR) is 70.1 cm³/mol. The van der Waals surface area contributed by atoms with Gasteiger partial charge in [0.05, 0.1) is 6.54 Å². The van der Waals surface area contributed by atoms with E-state index in [0.717, 1.165) is 30.9 Å². The summed E-state index contributed by atoms with van der Waals surface area (Å²) < 4.78 is 5.51. The van der Waals surface area contributed by atoms with Crippen LogP contribution in [0.5, 0.6) is 0 Å². The maximum absolute atomic E-state index is 12.3. The summed E-state index contributed by atoms with van der Waals surface area (Å²) in [5, 5.41) is 3.37. The number of aryl methyl sites for hydroxylation is 1. The topological polar surface area (TPSA) is 45.5 Å². The number of nitrogens with one attached hydrogen (secondary N) is 1. The summed E-state index contributed by atoms with van der Waals surface area (Å²) in [6.45, 7) is 5.55. The molecule has 4 heteroatoms. The molecule has 1 aliphatic rings. The minimum absolute atomic E-state index is 0.155. The highest BCUT2D eigenvalue weighted by Gasteiger charge is 2.27. The fourth-order valence-electron chi connectivity index (χ4n) is 2.55. The Morgan fingerprint density at radius 1 is 1.56 bits per heavy atom. The van der Waals surface area contributed by atoms with Gasteiger partial charge in [0, 0.05) is 19.0 Å². The predicted octanol–water partition coefficient (Wildman–Crippen LogP) is 1.93. The molecule has 0 aliphatic carbocycles. The van der Waals surface area contributed by atoms with Crippen molar-refractivity contribution < 1.29 is 9.21 Å². The van der Waals surface area contributed by atoms with E-state index in [0.29, 0.717) is 12.6 Å². The molecule has 2 atom stereocenters. The summed E-state index contributed by atoms with van der Waals surface area (Å²) >= 11 is 0. The van der Waals surface area contributed by atoms with Crippen molar-refractivity contribution >= 4 is 5.91 Å². The van der Waals surface area contributed by atoms with E-state index in [2.05, 4.69) is 12.2 Å². The summed E-state index contributed by atoms with van der Waals surface area (Å²) in [5.41, 5.74) is 0. The molecule has 1 fully saturated rings. The maximum Gasteiger partial charge on any atom is 0.225 e. The normalized spacial score (nSPS) is 23.9. The number of nitrogens with zero attached hydrogens (tertiary/aromatic N) is 1. The van der Waals surface area contributed by atoms with Crippen molar-refractivity contribution in [1.29, 1.82) is 0 Å². The lowest BCUT2D eigenvalue weighted by Crippen LogP contribution is -2.42. The van der Waals surface area contributed by atoms with E-state index in [1.807, 2.05) is 26.1 Å². The lowest BCUT2D eigenvalue weighted by atomic mass is 9.92. The van der Waals surface area contributed by atoms with E-state index >= 15 is 0 Å². The van der Waals surface area contributed by atoms with Crippen LogP contribution in [0.1, 0.15) is 31.3 Å². The smallest absolute Gasteiger partial charge is 0.225 e. The van der Waals surface area contributed by atoms with Gasteiger partial charge in [-0.2, -0.15) is 0 Å². The molecule has 18 heavy (non-hydrogen) atoms. The minimum Gasteiger partial charge on any atom is -0.464 e. The second-order valence-corrected chi connectivity index (χ2v) is 5.28. The molecule has 0 saturated carbocycles. The van der Waals surface area contributed by atoms with Gasteiger partial charge in [0.1, 0.15) is 11.5 Å². The van der Waals surface area contributed by atoms with Gasteiger partial charge in [-0.1, -0.05) is 0 Å². The van der Waals surface area contributed by atoms with Crippen LogP contribution in [0.25, 0.3) is 0 Å². The number of hydrogen-bond acceptors (Lipinski definition) is 3. The molecule has 100 valence electrons. The fourth-order valence-corrected chi connectivity index (χ4v) is 2.55. The molecule has 0 radical (unpaired) electrons. The third-order valence-corrected chi connectivity index (χ3v) is 3.54. The first-order valence-electron chi connectivity index (χ1n) is 6.60. The van der Waals surface area contributed by atoms with Crippen LogP contribution in [-0.2, 0) is 11.3 Å². The van der Waals surface area contributed by atoms with E-state index < -0.39 is 0 Å². The largest absolute Gasteiger partial charge is 0.464 e. The SMILES string of the molecule is Cc1ccc(CN(C)C(=O)C2CCNC(C)C2)o1. The van der Waals surface area contributed by atoms with E-state index in [4.69, 9.17) is 4.42 Å². The lowest BCUT2D eigenvalue weighted by molar-refractivity contribution is -0.136. The Kier molecular flexibility index (Phi) is 4.07. The number of piperidine rings is 1. The van der Waals surface area contributed by atoms with Crippen LogP contribution < -0.4 is 5.32 Å². The van der Waals surface area contributed by atoms with Crippen molar-refractivity contribution in [2.75, 3.05) is 13.6 Å². The summed E-state index contributed by atoms with van der Waals surface area (Å²) in [5.74, 6) is 2.13. The molecule has 1 amide bonds. The average Bonchev–Trinajstić information content (AvgIpc) is 2.73. The molecule has 2 rings (SSSR count). The zero-order chi connectivity index (χ0) is 13.1. The summed E-state index contributed by atoms with van der Waals surface area (Å²) in [6, 6.07) is 4.30. The molecule has 0 bridgehead atoms.